The summed E-state index contributed by atoms with van der Waals surface area (Å²) in [4.78, 5) is 2.47. The van der Waals surface area contributed by atoms with Gasteiger partial charge in [0.15, 0.2) is 0 Å². The van der Waals surface area contributed by atoms with Crippen molar-refractivity contribution in [2.45, 2.75) is 24.4 Å². The molecule has 0 atom stereocenters. The van der Waals surface area contributed by atoms with Crippen LogP contribution < -0.4 is 0 Å². The van der Waals surface area contributed by atoms with E-state index in [1.54, 1.807) is 22.5 Å². The van der Waals surface area contributed by atoms with E-state index in [1.807, 2.05) is 24.3 Å². The van der Waals surface area contributed by atoms with Crippen molar-refractivity contribution in [3.63, 3.8) is 0 Å². The number of fused-ring (bicyclic) bond motifs is 1. The molecule has 0 saturated carbocycles. The Balaban J connectivity index is 1.43. The van der Waals surface area contributed by atoms with Gasteiger partial charge in [-0.1, -0.05) is 36.4 Å². The van der Waals surface area contributed by atoms with E-state index in [0.717, 1.165) is 17.5 Å². The number of nitrogens with zero attached hydrogens (tertiary/aromatic N) is 4. The van der Waals surface area contributed by atoms with E-state index in [4.69, 9.17) is 0 Å². The van der Waals surface area contributed by atoms with Crippen molar-refractivity contribution in [3.05, 3.63) is 65.2 Å². The Kier molecular flexibility index (Phi) is 6.71. The van der Waals surface area contributed by atoms with Crippen LogP contribution in [0.15, 0.2) is 53.4 Å². The fourth-order valence-corrected chi connectivity index (χ4v) is 6.81. The fraction of sp³-hybridized carbons (Fsp3) is 0.455. The molecule has 10 heteroatoms. The third-order valence-corrected chi connectivity index (χ3v) is 9.94. The van der Waals surface area contributed by atoms with Gasteiger partial charge in [0, 0.05) is 59.9 Å². The summed E-state index contributed by atoms with van der Waals surface area (Å²) >= 11 is 0. The van der Waals surface area contributed by atoms with Crippen LogP contribution in [0.25, 0.3) is 0 Å². The number of hydrogen-bond acceptors (Lipinski definition) is 5. The molecular weight excluding hydrogens is 448 g/mol. The summed E-state index contributed by atoms with van der Waals surface area (Å²) in [7, 11) is -3.91. The second-order valence-corrected chi connectivity index (χ2v) is 12.6. The lowest BCUT2D eigenvalue weighted by Gasteiger charge is -2.35. The van der Waals surface area contributed by atoms with Crippen molar-refractivity contribution in [2.75, 3.05) is 46.8 Å². The summed E-state index contributed by atoms with van der Waals surface area (Å²) in [6.07, 6.45) is 0.717. The van der Waals surface area contributed by atoms with Crippen LogP contribution in [0.4, 0.5) is 0 Å². The molecule has 0 spiro atoms. The van der Waals surface area contributed by atoms with Gasteiger partial charge in [0.2, 0.25) is 10.0 Å². The fourth-order valence-electron chi connectivity index (χ4n) is 4.24. The SMILES string of the molecule is CN(C)S(=O)(=O)N1CCN(Cc2cccc(S(=O)(=O)N3CCc4ccccc4C3)c2)CC1. The molecule has 2 heterocycles. The lowest BCUT2D eigenvalue weighted by atomic mass is 10.0. The highest BCUT2D eigenvalue weighted by Gasteiger charge is 2.30. The predicted octanol–water partition coefficient (Wildman–Crippen LogP) is 1.36. The van der Waals surface area contributed by atoms with Crippen LogP contribution >= 0.6 is 0 Å². The zero-order valence-corrected chi connectivity index (χ0v) is 20.1. The molecule has 4 rings (SSSR count). The highest BCUT2D eigenvalue weighted by atomic mass is 32.2. The van der Waals surface area contributed by atoms with Gasteiger partial charge in [-0.05, 0) is 35.2 Å². The van der Waals surface area contributed by atoms with Gasteiger partial charge in [-0.25, -0.2) is 8.42 Å². The van der Waals surface area contributed by atoms with E-state index in [9.17, 15) is 16.8 Å². The highest BCUT2D eigenvalue weighted by molar-refractivity contribution is 7.89. The summed E-state index contributed by atoms with van der Waals surface area (Å²) in [6.45, 7) is 3.51. The minimum Gasteiger partial charge on any atom is -0.296 e. The summed E-state index contributed by atoms with van der Waals surface area (Å²) < 4.78 is 55.4. The van der Waals surface area contributed by atoms with Crippen LogP contribution in [0, 0.1) is 0 Å². The molecule has 174 valence electrons. The maximum Gasteiger partial charge on any atom is 0.281 e. The smallest absolute Gasteiger partial charge is 0.281 e. The molecular formula is C22H30N4O4S2. The molecule has 0 amide bonds. The molecule has 0 aromatic heterocycles. The Morgan fingerprint density at radius 1 is 0.812 bits per heavy atom. The van der Waals surface area contributed by atoms with E-state index in [1.165, 1.54) is 28.3 Å². The summed E-state index contributed by atoms with van der Waals surface area (Å²) in [5.41, 5.74) is 3.18. The normalized spacial score (nSPS) is 19.2. The second-order valence-electron chi connectivity index (χ2n) is 8.47. The topological polar surface area (TPSA) is 81.2 Å². The van der Waals surface area contributed by atoms with Gasteiger partial charge in [-0.15, -0.1) is 0 Å². The molecule has 0 aliphatic carbocycles. The van der Waals surface area contributed by atoms with Crippen LogP contribution in [0.2, 0.25) is 0 Å². The summed E-state index contributed by atoms with van der Waals surface area (Å²) in [5, 5.41) is 0. The van der Waals surface area contributed by atoms with Gasteiger partial charge >= 0.3 is 0 Å². The van der Waals surface area contributed by atoms with Crippen molar-refractivity contribution in [1.29, 1.82) is 0 Å². The first kappa shape index (κ1) is 23.3. The predicted molar refractivity (Wildman–Crippen MR) is 124 cm³/mol. The average molecular weight is 479 g/mol. The minimum atomic E-state index is -3.58. The zero-order valence-electron chi connectivity index (χ0n) is 18.5. The Labute approximate surface area is 191 Å². The molecule has 0 radical (unpaired) electrons. The van der Waals surface area contributed by atoms with Crippen molar-refractivity contribution in [2.24, 2.45) is 0 Å². The maximum absolute atomic E-state index is 13.3. The largest absolute Gasteiger partial charge is 0.296 e. The molecule has 32 heavy (non-hydrogen) atoms. The standard InChI is InChI=1S/C22H30N4O4S2/c1-23(2)32(29,30)25-14-12-24(13-15-25)17-19-6-5-9-22(16-19)31(27,28)26-11-10-20-7-3-4-8-21(20)18-26/h3-9,16H,10-15,17-18H2,1-2H3. The van der Waals surface area contributed by atoms with Gasteiger partial charge in [-0.2, -0.15) is 21.3 Å². The first-order chi connectivity index (χ1) is 15.2. The van der Waals surface area contributed by atoms with Crippen LogP contribution in [0.5, 0.6) is 0 Å². The molecule has 0 unspecified atom stereocenters. The van der Waals surface area contributed by atoms with Gasteiger partial charge < -0.3 is 0 Å². The molecule has 1 saturated heterocycles. The van der Waals surface area contributed by atoms with E-state index >= 15 is 0 Å². The first-order valence-electron chi connectivity index (χ1n) is 10.7. The maximum atomic E-state index is 13.3. The van der Waals surface area contributed by atoms with E-state index in [-0.39, 0.29) is 0 Å². The molecule has 8 nitrogen and oxygen atoms in total. The van der Waals surface area contributed by atoms with Crippen LogP contribution in [-0.4, -0.2) is 81.5 Å². The Hall–Kier alpha value is -1.82. The zero-order chi connectivity index (χ0) is 22.9. The van der Waals surface area contributed by atoms with Gasteiger partial charge in [0.1, 0.15) is 0 Å². The number of benzene rings is 2. The third-order valence-electron chi connectivity index (χ3n) is 6.16. The van der Waals surface area contributed by atoms with Crippen LogP contribution in [-0.2, 0) is 39.7 Å². The van der Waals surface area contributed by atoms with Gasteiger partial charge in [0.25, 0.3) is 10.2 Å². The van der Waals surface area contributed by atoms with Crippen LogP contribution in [0.3, 0.4) is 0 Å². The molecule has 2 aromatic carbocycles. The molecule has 2 aliphatic rings. The molecule has 0 N–H and O–H groups in total. The summed E-state index contributed by atoms with van der Waals surface area (Å²) in [5.74, 6) is 0. The number of rotatable bonds is 6. The molecule has 0 bridgehead atoms. The van der Waals surface area contributed by atoms with Crippen molar-refractivity contribution in [1.82, 2.24) is 17.8 Å². The highest BCUT2D eigenvalue weighted by Crippen LogP contribution is 2.25. The monoisotopic (exact) mass is 478 g/mol. The minimum absolute atomic E-state index is 0.309. The quantitative estimate of drug-likeness (QED) is 0.626. The van der Waals surface area contributed by atoms with E-state index < -0.39 is 20.2 Å². The van der Waals surface area contributed by atoms with Crippen LogP contribution in [0.1, 0.15) is 16.7 Å². The Morgan fingerprint density at radius 3 is 2.19 bits per heavy atom. The van der Waals surface area contributed by atoms with Gasteiger partial charge in [0.05, 0.1) is 4.90 Å². The van der Waals surface area contributed by atoms with Crippen molar-refractivity contribution in [3.8, 4) is 0 Å². The first-order valence-corrected chi connectivity index (χ1v) is 13.6. The lowest BCUT2D eigenvalue weighted by molar-refractivity contribution is 0.177. The Morgan fingerprint density at radius 2 is 1.50 bits per heavy atom. The summed E-state index contributed by atoms with van der Waals surface area (Å²) in [6, 6.07) is 15.1. The number of hydrogen-bond donors (Lipinski definition) is 0. The third kappa shape index (κ3) is 4.75. The van der Waals surface area contributed by atoms with Crippen molar-refractivity contribution >= 4 is 20.2 Å². The Bertz CT molecular complexity index is 1170. The number of piperazine rings is 1. The van der Waals surface area contributed by atoms with E-state index in [2.05, 4.69) is 11.0 Å². The van der Waals surface area contributed by atoms with Crippen molar-refractivity contribution < 1.29 is 16.8 Å². The number of sulfonamides is 1. The average Bonchev–Trinajstić information content (AvgIpc) is 2.79. The van der Waals surface area contributed by atoms with Gasteiger partial charge in [-0.3, -0.25) is 4.90 Å². The molecule has 2 aliphatic heterocycles. The van der Waals surface area contributed by atoms with E-state index in [0.29, 0.717) is 50.7 Å². The molecule has 2 aromatic rings. The lowest BCUT2D eigenvalue weighted by Crippen LogP contribution is -2.51. The molecule has 1 fully saturated rings. The second kappa shape index (κ2) is 9.20.